The summed E-state index contributed by atoms with van der Waals surface area (Å²) in [6.07, 6.45) is 3.74. The molecule has 2 aliphatic heterocycles. The van der Waals surface area contributed by atoms with Crippen LogP contribution in [0.1, 0.15) is 40.0 Å². The smallest absolute Gasteiger partial charge is 0.0357 e. The third-order valence-electron chi connectivity index (χ3n) is 5.69. The van der Waals surface area contributed by atoms with Crippen molar-refractivity contribution in [3.63, 3.8) is 0 Å². The van der Waals surface area contributed by atoms with Crippen LogP contribution in [0.3, 0.4) is 0 Å². The predicted molar refractivity (Wildman–Crippen MR) is 86.0 cm³/mol. The molecule has 2 N–H and O–H groups in total. The van der Waals surface area contributed by atoms with E-state index in [1.165, 1.54) is 45.4 Å². The molecule has 2 aliphatic rings. The maximum Gasteiger partial charge on any atom is 0.0357 e. The molecule has 118 valence electrons. The number of nitrogens with two attached hydrogens (primary N) is 1. The highest BCUT2D eigenvalue weighted by Gasteiger charge is 2.43. The van der Waals surface area contributed by atoms with Crippen molar-refractivity contribution in [3.05, 3.63) is 0 Å². The van der Waals surface area contributed by atoms with Crippen LogP contribution in [0, 0.1) is 0 Å². The first-order valence-electron chi connectivity index (χ1n) is 8.32. The molecule has 0 aromatic carbocycles. The van der Waals surface area contributed by atoms with E-state index >= 15 is 0 Å². The number of rotatable bonds is 4. The highest BCUT2D eigenvalue weighted by Crippen LogP contribution is 2.32. The monoisotopic (exact) mass is 282 g/mol. The average molecular weight is 282 g/mol. The number of piperazine rings is 1. The Bertz CT molecular complexity index is 308. The molecule has 0 amide bonds. The Morgan fingerprint density at radius 2 is 1.70 bits per heavy atom. The van der Waals surface area contributed by atoms with E-state index in [4.69, 9.17) is 5.73 Å². The van der Waals surface area contributed by atoms with Gasteiger partial charge in [0.05, 0.1) is 0 Å². The summed E-state index contributed by atoms with van der Waals surface area (Å²) in [4.78, 5) is 7.80. The van der Waals surface area contributed by atoms with E-state index in [0.29, 0.717) is 0 Å². The second-order valence-corrected chi connectivity index (χ2v) is 7.43. The van der Waals surface area contributed by atoms with E-state index in [9.17, 15) is 0 Å². The van der Waals surface area contributed by atoms with Crippen LogP contribution in [0.2, 0.25) is 0 Å². The lowest BCUT2D eigenvalue weighted by Crippen LogP contribution is -2.67. The molecule has 2 fully saturated rings. The zero-order valence-corrected chi connectivity index (χ0v) is 14.0. The summed E-state index contributed by atoms with van der Waals surface area (Å²) in [5.41, 5.74) is 6.76. The van der Waals surface area contributed by atoms with Crippen LogP contribution >= 0.6 is 0 Å². The third-order valence-corrected chi connectivity index (χ3v) is 5.69. The van der Waals surface area contributed by atoms with Gasteiger partial charge < -0.3 is 10.6 Å². The topological polar surface area (TPSA) is 35.7 Å². The van der Waals surface area contributed by atoms with Crippen molar-refractivity contribution >= 4 is 0 Å². The Labute approximate surface area is 125 Å². The van der Waals surface area contributed by atoms with Crippen LogP contribution in [0.25, 0.3) is 0 Å². The molecule has 0 spiro atoms. The molecule has 0 bridgehead atoms. The number of likely N-dealkylation sites (tertiary alicyclic amines) is 1. The van der Waals surface area contributed by atoms with Crippen LogP contribution in [0.5, 0.6) is 0 Å². The fourth-order valence-electron chi connectivity index (χ4n) is 3.80. The summed E-state index contributed by atoms with van der Waals surface area (Å²) >= 11 is 0. The van der Waals surface area contributed by atoms with Gasteiger partial charge in [0, 0.05) is 37.3 Å². The minimum atomic E-state index is 0.253. The molecule has 0 aromatic heterocycles. The van der Waals surface area contributed by atoms with E-state index < -0.39 is 0 Å². The molecule has 2 heterocycles. The quantitative estimate of drug-likeness (QED) is 0.841. The molecular weight excluding hydrogens is 248 g/mol. The van der Waals surface area contributed by atoms with Crippen molar-refractivity contribution in [2.75, 3.05) is 52.9 Å². The lowest BCUT2D eigenvalue weighted by molar-refractivity contribution is -0.0466. The van der Waals surface area contributed by atoms with E-state index in [1.807, 2.05) is 0 Å². The molecule has 0 unspecified atom stereocenters. The molecule has 0 aliphatic carbocycles. The largest absolute Gasteiger partial charge is 0.329 e. The summed E-state index contributed by atoms with van der Waals surface area (Å²) in [7, 11) is 2.25. The summed E-state index contributed by atoms with van der Waals surface area (Å²) in [6.45, 7) is 15.0. The second kappa shape index (κ2) is 6.30. The maximum atomic E-state index is 6.24. The van der Waals surface area contributed by atoms with E-state index in [2.05, 4.69) is 42.5 Å². The summed E-state index contributed by atoms with van der Waals surface area (Å²) in [5.74, 6) is 0. The summed E-state index contributed by atoms with van der Waals surface area (Å²) in [5, 5.41) is 0. The van der Waals surface area contributed by atoms with E-state index in [-0.39, 0.29) is 11.1 Å². The summed E-state index contributed by atoms with van der Waals surface area (Å²) in [6, 6.07) is 0. The van der Waals surface area contributed by atoms with Gasteiger partial charge in [-0.2, -0.15) is 0 Å². The predicted octanol–water partition coefficient (Wildman–Crippen LogP) is 1.22. The number of nitrogens with zero attached hydrogens (tertiary/aromatic N) is 3. The first-order valence-corrected chi connectivity index (χ1v) is 8.32. The van der Waals surface area contributed by atoms with Gasteiger partial charge in [0.15, 0.2) is 0 Å². The van der Waals surface area contributed by atoms with E-state index in [1.54, 1.807) is 0 Å². The Kier molecular flexibility index (Phi) is 5.11. The van der Waals surface area contributed by atoms with Crippen molar-refractivity contribution in [1.82, 2.24) is 14.7 Å². The lowest BCUT2D eigenvalue weighted by Gasteiger charge is -2.55. The van der Waals surface area contributed by atoms with Gasteiger partial charge in [-0.1, -0.05) is 6.92 Å². The molecule has 2 saturated heterocycles. The minimum Gasteiger partial charge on any atom is -0.329 e. The SMILES string of the molecule is CCCN1CCC(CN)(N2CCN(C)C(C)(C)C2)CC1. The number of piperidine rings is 1. The Morgan fingerprint density at radius 3 is 2.20 bits per heavy atom. The normalized spacial score (nSPS) is 28.6. The van der Waals surface area contributed by atoms with Gasteiger partial charge in [0.2, 0.25) is 0 Å². The Hall–Kier alpha value is -0.160. The van der Waals surface area contributed by atoms with Crippen molar-refractivity contribution < 1.29 is 0 Å². The van der Waals surface area contributed by atoms with Gasteiger partial charge in [0.1, 0.15) is 0 Å². The number of hydrogen-bond donors (Lipinski definition) is 1. The highest BCUT2D eigenvalue weighted by atomic mass is 15.3. The first kappa shape index (κ1) is 16.2. The molecule has 2 rings (SSSR count). The molecule has 4 heteroatoms. The fraction of sp³-hybridized carbons (Fsp3) is 1.00. The van der Waals surface area contributed by atoms with Crippen LogP contribution in [0.15, 0.2) is 0 Å². The molecule has 20 heavy (non-hydrogen) atoms. The fourth-order valence-corrected chi connectivity index (χ4v) is 3.80. The molecule has 4 nitrogen and oxygen atoms in total. The molecule has 0 radical (unpaired) electrons. The molecule has 0 atom stereocenters. The van der Waals surface area contributed by atoms with Crippen LogP contribution in [-0.4, -0.2) is 78.6 Å². The van der Waals surface area contributed by atoms with Gasteiger partial charge in [-0.25, -0.2) is 0 Å². The standard InChI is InChI=1S/C16H34N4/c1-5-8-19-9-6-16(13-17,7-10-19)20-12-11-18(4)15(2,3)14-20/h5-14,17H2,1-4H3. The van der Waals surface area contributed by atoms with Gasteiger partial charge in [-0.3, -0.25) is 9.80 Å². The minimum absolute atomic E-state index is 0.253. The van der Waals surface area contributed by atoms with Crippen LogP contribution < -0.4 is 5.73 Å². The average Bonchev–Trinajstić information content (AvgIpc) is 2.43. The van der Waals surface area contributed by atoms with Crippen molar-refractivity contribution in [3.8, 4) is 0 Å². The summed E-state index contributed by atoms with van der Waals surface area (Å²) < 4.78 is 0. The zero-order chi connectivity index (χ0) is 14.8. The van der Waals surface area contributed by atoms with Gasteiger partial charge in [-0.05, 0) is 59.8 Å². The molecule has 0 saturated carbocycles. The molecular formula is C16H34N4. The zero-order valence-electron chi connectivity index (χ0n) is 14.0. The Morgan fingerprint density at radius 1 is 1.05 bits per heavy atom. The van der Waals surface area contributed by atoms with Crippen LogP contribution in [0.4, 0.5) is 0 Å². The molecule has 0 aromatic rings. The number of likely N-dealkylation sites (N-methyl/N-ethyl adjacent to an activating group) is 1. The van der Waals surface area contributed by atoms with Crippen LogP contribution in [-0.2, 0) is 0 Å². The second-order valence-electron chi connectivity index (χ2n) is 7.43. The van der Waals surface area contributed by atoms with Gasteiger partial charge in [0.25, 0.3) is 0 Å². The highest BCUT2D eigenvalue weighted by molar-refractivity contribution is 5.01. The van der Waals surface area contributed by atoms with Gasteiger partial charge >= 0.3 is 0 Å². The van der Waals surface area contributed by atoms with Crippen molar-refractivity contribution in [2.45, 2.75) is 51.1 Å². The lowest BCUT2D eigenvalue weighted by atomic mass is 9.83. The maximum absolute atomic E-state index is 6.24. The van der Waals surface area contributed by atoms with Gasteiger partial charge in [-0.15, -0.1) is 0 Å². The first-order chi connectivity index (χ1) is 9.43. The van der Waals surface area contributed by atoms with Crippen molar-refractivity contribution in [2.24, 2.45) is 5.73 Å². The Balaban J connectivity index is 2.02. The van der Waals surface area contributed by atoms with E-state index in [0.717, 1.165) is 19.6 Å². The third kappa shape index (κ3) is 3.19. The number of hydrogen-bond acceptors (Lipinski definition) is 4. The van der Waals surface area contributed by atoms with Crippen molar-refractivity contribution in [1.29, 1.82) is 0 Å².